The van der Waals surface area contributed by atoms with Crippen LogP contribution in [-0.2, 0) is 19.1 Å². The maximum Gasteiger partial charge on any atom is 0.453 e. The number of likely N-dealkylation sites (tertiary alicyclic amines) is 1. The van der Waals surface area contributed by atoms with Crippen LogP contribution in [0, 0.1) is 0 Å². The first-order valence-corrected chi connectivity index (χ1v) is 11.1. The van der Waals surface area contributed by atoms with Gasteiger partial charge in [-0.3, -0.25) is 9.69 Å². The molecule has 3 aromatic rings. The van der Waals surface area contributed by atoms with Gasteiger partial charge in [-0.05, 0) is 62.6 Å². The van der Waals surface area contributed by atoms with Gasteiger partial charge in [0.1, 0.15) is 17.1 Å². The van der Waals surface area contributed by atoms with Crippen LogP contribution in [0.4, 0.5) is 13.2 Å². The number of ether oxygens (including phenoxy) is 1. The molecule has 1 fully saturated rings. The molecule has 33 heavy (non-hydrogen) atoms. The monoisotopic (exact) mass is 461 g/mol. The molecule has 0 unspecified atom stereocenters. The van der Waals surface area contributed by atoms with Gasteiger partial charge in [-0.1, -0.05) is 25.5 Å². The van der Waals surface area contributed by atoms with Crippen molar-refractivity contribution in [1.82, 2.24) is 4.90 Å². The summed E-state index contributed by atoms with van der Waals surface area (Å²) in [5.74, 6) is -2.54. The Hall–Kier alpha value is -3.00. The normalized spacial score (nSPS) is 17.4. The van der Waals surface area contributed by atoms with E-state index in [1.807, 2.05) is 13.8 Å². The molecule has 1 saturated heterocycles. The van der Waals surface area contributed by atoms with Crippen molar-refractivity contribution in [2.75, 3.05) is 6.54 Å². The second-order valence-corrected chi connectivity index (χ2v) is 8.44. The number of aromatic hydroxyl groups is 1. The first-order chi connectivity index (χ1) is 15.7. The quantitative estimate of drug-likeness (QED) is 0.487. The standard InChI is InChI=1S/C25H26F3NO4/c1-3-16-7-9-17(10-8-16)32-23-21(31)18-11-12-20(30)19(14-29-13-5-4-6-15(29)2)22(18)33-24(23)25(26,27)28/h7-12,15,30H,3-6,13-14H2,1-2H3/t15-/m1/s1. The van der Waals surface area contributed by atoms with Crippen LogP contribution in [0.25, 0.3) is 11.0 Å². The predicted molar refractivity (Wildman–Crippen MR) is 119 cm³/mol. The zero-order chi connectivity index (χ0) is 23.8. The maximum atomic E-state index is 13.9. The van der Waals surface area contributed by atoms with Gasteiger partial charge in [0.05, 0.1) is 10.9 Å². The van der Waals surface area contributed by atoms with E-state index in [0.29, 0.717) is 0 Å². The number of nitrogens with zero attached hydrogens (tertiary/aromatic N) is 1. The van der Waals surface area contributed by atoms with Crippen molar-refractivity contribution in [2.24, 2.45) is 0 Å². The number of fused-ring (bicyclic) bond motifs is 1. The fraction of sp³-hybridized carbons (Fsp3) is 0.400. The van der Waals surface area contributed by atoms with Gasteiger partial charge in [-0.25, -0.2) is 0 Å². The Morgan fingerprint density at radius 3 is 2.52 bits per heavy atom. The molecule has 0 bridgehead atoms. The number of alkyl halides is 3. The minimum atomic E-state index is -4.97. The van der Waals surface area contributed by atoms with E-state index < -0.39 is 23.1 Å². The van der Waals surface area contributed by atoms with Crippen molar-refractivity contribution in [3.63, 3.8) is 0 Å². The topological polar surface area (TPSA) is 62.9 Å². The first kappa shape index (κ1) is 23.2. The molecule has 2 aromatic carbocycles. The number of aryl methyl sites for hydroxylation is 1. The van der Waals surface area contributed by atoms with Crippen molar-refractivity contribution in [3.8, 4) is 17.2 Å². The third-order valence-electron chi connectivity index (χ3n) is 6.21. The van der Waals surface area contributed by atoms with Crippen LogP contribution in [0.5, 0.6) is 17.2 Å². The van der Waals surface area contributed by atoms with Crippen molar-refractivity contribution in [3.05, 3.63) is 63.5 Å². The van der Waals surface area contributed by atoms with E-state index in [-0.39, 0.29) is 40.6 Å². The van der Waals surface area contributed by atoms with E-state index in [4.69, 9.17) is 9.15 Å². The van der Waals surface area contributed by atoms with Crippen molar-refractivity contribution >= 4 is 11.0 Å². The summed E-state index contributed by atoms with van der Waals surface area (Å²) in [6.07, 6.45) is -1.21. The molecule has 1 atom stereocenters. The minimum Gasteiger partial charge on any atom is -0.507 e. The number of hydrogen-bond acceptors (Lipinski definition) is 5. The molecule has 4 rings (SSSR count). The van der Waals surface area contributed by atoms with Crippen molar-refractivity contribution in [1.29, 1.82) is 0 Å². The molecule has 2 heterocycles. The lowest BCUT2D eigenvalue weighted by Crippen LogP contribution is -2.36. The van der Waals surface area contributed by atoms with E-state index in [0.717, 1.165) is 37.8 Å². The van der Waals surface area contributed by atoms with Crippen LogP contribution in [0.3, 0.4) is 0 Å². The summed E-state index contributed by atoms with van der Waals surface area (Å²) < 4.78 is 52.6. The van der Waals surface area contributed by atoms with Crippen LogP contribution in [0.1, 0.15) is 50.0 Å². The Balaban J connectivity index is 1.85. The summed E-state index contributed by atoms with van der Waals surface area (Å²) in [4.78, 5) is 15.2. The fourth-order valence-corrected chi connectivity index (χ4v) is 4.23. The number of halogens is 3. The van der Waals surface area contributed by atoms with Crippen LogP contribution in [0.15, 0.2) is 45.6 Å². The number of rotatable bonds is 5. The van der Waals surface area contributed by atoms with Crippen molar-refractivity contribution < 1.29 is 27.4 Å². The molecule has 1 aromatic heterocycles. The predicted octanol–water partition coefficient (Wildman–Crippen LogP) is 6.25. The third kappa shape index (κ3) is 4.71. The molecule has 0 saturated carbocycles. The highest BCUT2D eigenvalue weighted by molar-refractivity contribution is 5.83. The molecule has 1 aliphatic rings. The highest BCUT2D eigenvalue weighted by atomic mass is 19.4. The SMILES string of the molecule is CCc1ccc(Oc2c(C(F)(F)F)oc3c(CN4CCCC[C@H]4C)c(O)ccc3c2=O)cc1. The molecule has 8 heteroatoms. The van der Waals surface area contributed by atoms with Gasteiger partial charge in [-0.15, -0.1) is 0 Å². The Morgan fingerprint density at radius 2 is 1.88 bits per heavy atom. The van der Waals surface area contributed by atoms with Crippen LogP contribution in [0.2, 0.25) is 0 Å². The third-order valence-corrected chi connectivity index (χ3v) is 6.21. The first-order valence-electron chi connectivity index (χ1n) is 11.1. The molecule has 0 aliphatic carbocycles. The number of hydrogen-bond donors (Lipinski definition) is 1. The smallest absolute Gasteiger partial charge is 0.453 e. The highest BCUT2D eigenvalue weighted by Gasteiger charge is 2.41. The molecule has 0 radical (unpaired) electrons. The summed E-state index contributed by atoms with van der Waals surface area (Å²) >= 11 is 0. The second kappa shape index (κ2) is 9.09. The molecule has 0 amide bonds. The average molecular weight is 461 g/mol. The summed E-state index contributed by atoms with van der Waals surface area (Å²) in [5.41, 5.74) is -0.0476. The number of piperidine rings is 1. The number of benzene rings is 2. The molecule has 0 spiro atoms. The van der Waals surface area contributed by atoms with E-state index in [1.54, 1.807) is 12.1 Å². The van der Waals surface area contributed by atoms with Crippen LogP contribution in [-0.4, -0.2) is 22.6 Å². The van der Waals surface area contributed by atoms with Gasteiger partial charge in [0.2, 0.25) is 11.2 Å². The van der Waals surface area contributed by atoms with Crippen molar-refractivity contribution in [2.45, 2.75) is 58.3 Å². The molecule has 1 aliphatic heterocycles. The molecule has 176 valence electrons. The van der Waals surface area contributed by atoms with Gasteiger partial charge in [-0.2, -0.15) is 13.2 Å². The average Bonchev–Trinajstić information content (AvgIpc) is 2.78. The largest absolute Gasteiger partial charge is 0.507 e. The van der Waals surface area contributed by atoms with Gasteiger partial charge in [0.15, 0.2) is 0 Å². The summed E-state index contributed by atoms with van der Waals surface area (Å²) in [7, 11) is 0. The zero-order valence-electron chi connectivity index (χ0n) is 18.5. The Bertz CT molecular complexity index is 1200. The lowest BCUT2D eigenvalue weighted by Gasteiger charge is -2.33. The van der Waals surface area contributed by atoms with Crippen LogP contribution >= 0.6 is 0 Å². The van der Waals surface area contributed by atoms with Gasteiger partial charge in [0, 0.05) is 12.6 Å². The Labute approximate surface area is 189 Å². The minimum absolute atomic E-state index is 0.0689. The molecule has 1 N–H and O–H groups in total. The highest BCUT2D eigenvalue weighted by Crippen LogP contribution is 2.40. The maximum absolute atomic E-state index is 13.9. The second-order valence-electron chi connectivity index (χ2n) is 8.44. The van der Waals surface area contributed by atoms with Gasteiger partial charge in [0.25, 0.3) is 5.76 Å². The molecular weight excluding hydrogens is 435 g/mol. The summed E-state index contributed by atoms with van der Waals surface area (Å²) in [5, 5.41) is 10.4. The fourth-order valence-electron chi connectivity index (χ4n) is 4.23. The van der Waals surface area contributed by atoms with Gasteiger partial charge < -0.3 is 14.3 Å². The van der Waals surface area contributed by atoms with E-state index >= 15 is 0 Å². The Kier molecular flexibility index (Phi) is 6.38. The summed E-state index contributed by atoms with van der Waals surface area (Å²) in [6, 6.07) is 9.27. The van der Waals surface area contributed by atoms with E-state index in [9.17, 15) is 23.1 Å². The number of phenolic OH excluding ortho intramolecular Hbond substituents is 1. The van der Waals surface area contributed by atoms with Crippen LogP contribution < -0.4 is 10.2 Å². The van der Waals surface area contributed by atoms with Gasteiger partial charge >= 0.3 is 6.18 Å². The molecular formula is C25H26F3NO4. The summed E-state index contributed by atoms with van der Waals surface area (Å²) in [6.45, 7) is 4.92. The van der Waals surface area contributed by atoms with E-state index in [2.05, 4.69) is 4.90 Å². The van der Waals surface area contributed by atoms with E-state index in [1.165, 1.54) is 24.3 Å². The molecule has 5 nitrogen and oxygen atoms in total. The lowest BCUT2D eigenvalue weighted by molar-refractivity contribution is -0.154. The zero-order valence-corrected chi connectivity index (χ0v) is 18.5. The number of phenols is 1. The lowest BCUT2D eigenvalue weighted by atomic mass is 10.0. The Morgan fingerprint density at radius 1 is 1.15 bits per heavy atom.